The summed E-state index contributed by atoms with van der Waals surface area (Å²) in [5.41, 5.74) is -1.60. The largest absolute Gasteiger partial charge is 0.465 e. The number of hydrogen-bond acceptors (Lipinski definition) is 10. The fourth-order valence-corrected chi connectivity index (χ4v) is 17.4. The molecule has 1 spiro atoms. The van der Waals surface area contributed by atoms with E-state index in [-0.39, 0.29) is 96.4 Å². The van der Waals surface area contributed by atoms with Gasteiger partial charge in [-0.2, -0.15) is 0 Å². The monoisotopic (exact) mass is 895 g/mol. The lowest BCUT2D eigenvalue weighted by atomic mass is 9.39. The zero-order chi connectivity index (χ0) is 46.0. The van der Waals surface area contributed by atoms with Gasteiger partial charge in [-0.3, -0.25) is 14.4 Å². The fourth-order valence-electron chi connectivity index (χ4n) is 17.4. The number of aliphatic hydroxyl groups excluding tert-OH is 3. The van der Waals surface area contributed by atoms with Gasteiger partial charge in [-0.25, -0.2) is 0 Å². The van der Waals surface area contributed by atoms with E-state index in [0.29, 0.717) is 49.7 Å². The highest BCUT2D eigenvalue weighted by atomic mass is 16.5. The molecule has 10 rings (SSSR count). The van der Waals surface area contributed by atoms with Crippen LogP contribution in [0.1, 0.15) is 136 Å². The molecule has 20 atom stereocenters. The Labute approximate surface area is 385 Å². The van der Waals surface area contributed by atoms with E-state index >= 15 is 4.79 Å². The second kappa shape index (κ2) is 16.5. The number of aromatic nitrogens is 1. The Morgan fingerprint density at radius 2 is 1.77 bits per heavy atom. The van der Waals surface area contributed by atoms with Gasteiger partial charge >= 0.3 is 5.97 Å². The van der Waals surface area contributed by atoms with Crippen molar-refractivity contribution in [3.8, 4) is 11.8 Å². The fraction of sp³-hybridized carbons (Fsp3) is 0.759. The predicted octanol–water partition coefficient (Wildman–Crippen LogP) is 6.15. The molecular formula is C54H74N2O9. The van der Waals surface area contributed by atoms with Crippen LogP contribution in [-0.4, -0.2) is 90.7 Å². The summed E-state index contributed by atoms with van der Waals surface area (Å²) in [5, 5.41) is 65.7. The van der Waals surface area contributed by atoms with E-state index in [1.54, 1.807) is 12.5 Å². The number of allylic oxidation sites excluding steroid dienone is 3. The molecule has 2 bridgehead atoms. The van der Waals surface area contributed by atoms with Gasteiger partial charge in [0, 0.05) is 47.9 Å². The molecule has 9 aliphatic rings. The number of nitrogens with one attached hydrogen (secondary N) is 2. The minimum atomic E-state index is -1.63. The summed E-state index contributed by atoms with van der Waals surface area (Å²) in [4.78, 5) is 44.4. The van der Waals surface area contributed by atoms with Crippen LogP contribution in [0.5, 0.6) is 0 Å². The topological polar surface area (TPSA) is 189 Å². The molecule has 1 aromatic rings. The number of hydrogen-bond donors (Lipinski definition) is 7. The first-order chi connectivity index (χ1) is 30.9. The predicted molar refractivity (Wildman–Crippen MR) is 243 cm³/mol. The van der Waals surface area contributed by atoms with Crippen LogP contribution in [0.25, 0.3) is 0 Å². The minimum Gasteiger partial charge on any atom is -0.465 e. The summed E-state index contributed by atoms with van der Waals surface area (Å²) in [6, 6.07) is 1.97. The average Bonchev–Trinajstić information content (AvgIpc) is 3.97. The van der Waals surface area contributed by atoms with Crippen molar-refractivity contribution in [1.82, 2.24) is 10.3 Å². The van der Waals surface area contributed by atoms with Crippen molar-refractivity contribution in [2.45, 2.75) is 160 Å². The van der Waals surface area contributed by atoms with Gasteiger partial charge in [0.2, 0.25) is 0 Å². The Balaban J connectivity index is 1.12. The van der Waals surface area contributed by atoms with Crippen molar-refractivity contribution in [1.29, 1.82) is 0 Å². The van der Waals surface area contributed by atoms with Crippen LogP contribution in [0.4, 0.5) is 0 Å². The number of ether oxygens (including phenoxy) is 1. The number of ketones is 2. The maximum atomic E-state index is 15.0. The molecule has 6 fully saturated rings. The highest BCUT2D eigenvalue weighted by Gasteiger charge is 2.76. The minimum absolute atomic E-state index is 0.00556. The summed E-state index contributed by atoms with van der Waals surface area (Å²) < 4.78 is 5.90. The van der Waals surface area contributed by atoms with Crippen molar-refractivity contribution < 1.29 is 44.7 Å². The number of H-pyrrole nitrogens is 1. The standard InChI is InChI=1S/C54H74N2O9/c1-28-11-12-31-13-14-36-29(2)19-43(60)52(5,63)49-34(9-6-8-32(20-38(36)37(31)18-28)39-27-65-50(62)44(39)35-15-17-55-26-35)23-54(64)46-45(33-10-7-16-53(49,54)22-33)51(4)24-42(59)41(58)21-40(51)48(61)47(46)56-25-30(3)57/h13,15,17,26,28-29,32-34,36-45,49,55-56,58-60,63-64H,7,9-12,14,16,18-25,27H2,1-5H3/t28-,29-,32-,33+,34+,36+,37+,38-,39+,40+,41-,42+,43-,44+,45+,49-,51+,52+,53-,54-/m1/s1. The number of rotatable bonds is 5. The first kappa shape index (κ1) is 45.5. The van der Waals surface area contributed by atoms with E-state index in [4.69, 9.17) is 4.74 Å². The van der Waals surface area contributed by atoms with E-state index in [9.17, 15) is 35.1 Å². The number of aromatic amines is 1. The third kappa shape index (κ3) is 7.02. The van der Waals surface area contributed by atoms with E-state index < -0.39 is 58.1 Å². The van der Waals surface area contributed by atoms with Crippen LogP contribution in [0.2, 0.25) is 0 Å². The number of carbonyl (C=O) groups excluding carboxylic acids is 3. The first-order valence-corrected chi connectivity index (χ1v) is 25.4. The number of Topliss-reactive ketones (excluding diaryl/α,β-unsaturated/α-hetero) is 2. The Morgan fingerprint density at radius 3 is 2.52 bits per heavy atom. The Kier molecular flexibility index (Phi) is 11.5. The van der Waals surface area contributed by atoms with Crippen LogP contribution in [0, 0.1) is 93.7 Å². The SMILES string of the molecule is CC(=O)CNC1=C2[C@H]([C@H]3CCC[C@@]4(C3)[C@@H]3[C@@H](CC#C[C@@H]([C@@H]5COC(=O)[C@H]5c5cc[nH]c5)C[C@@H]5[C@@H](CC=C6CC[C@@H](C)C[C@@H]65)[C@H](C)C[C@@H](O)[C@]3(C)O)C[C@@]24O)[C@@]2(C)C[C@H](O)[C@H](O)C[C@H]2C1=O. The molecule has 8 aliphatic carbocycles. The summed E-state index contributed by atoms with van der Waals surface area (Å²) in [5.74, 6) is 5.78. The third-order valence-corrected chi connectivity index (χ3v) is 20.1. The normalized spacial score (nSPS) is 49.4. The molecule has 1 saturated heterocycles. The second-order valence-electron chi connectivity index (χ2n) is 23.7. The highest BCUT2D eigenvalue weighted by molar-refractivity contribution is 6.00. The van der Waals surface area contributed by atoms with Gasteiger partial charge < -0.3 is 40.6 Å². The molecule has 0 radical (unpaired) electrons. The molecule has 2 heterocycles. The zero-order valence-corrected chi connectivity index (χ0v) is 39.2. The number of cyclic esters (lactones) is 1. The van der Waals surface area contributed by atoms with Gasteiger partial charge in [0.1, 0.15) is 5.78 Å². The van der Waals surface area contributed by atoms with E-state index in [0.717, 1.165) is 44.1 Å². The number of esters is 1. The van der Waals surface area contributed by atoms with Gasteiger partial charge in [0.05, 0.1) is 54.3 Å². The highest BCUT2D eigenvalue weighted by Crippen LogP contribution is 2.75. The molecule has 0 aromatic carbocycles. The van der Waals surface area contributed by atoms with Gasteiger partial charge in [-0.05, 0) is 161 Å². The third-order valence-electron chi connectivity index (χ3n) is 20.1. The molecule has 0 unspecified atom stereocenters. The van der Waals surface area contributed by atoms with Crippen LogP contribution >= 0.6 is 0 Å². The number of carbonyl (C=O) groups is 3. The zero-order valence-electron chi connectivity index (χ0n) is 39.2. The Hall–Kier alpha value is -3.27. The number of fused-ring (bicyclic) bond motifs is 10. The summed E-state index contributed by atoms with van der Waals surface area (Å²) in [6.45, 7) is 10.1. The Morgan fingerprint density at radius 1 is 0.969 bits per heavy atom. The lowest BCUT2D eigenvalue weighted by molar-refractivity contribution is -0.210. The summed E-state index contributed by atoms with van der Waals surface area (Å²) >= 11 is 0. The lowest BCUT2D eigenvalue weighted by Gasteiger charge is -2.66. The van der Waals surface area contributed by atoms with Gasteiger partial charge in [0.15, 0.2) is 5.78 Å². The van der Waals surface area contributed by atoms with Crippen molar-refractivity contribution in [2.75, 3.05) is 13.2 Å². The van der Waals surface area contributed by atoms with E-state index in [1.165, 1.54) is 13.3 Å². The smallest absolute Gasteiger partial charge is 0.313 e. The maximum absolute atomic E-state index is 15.0. The van der Waals surface area contributed by atoms with E-state index in [2.05, 4.69) is 49.0 Å². The van der Waals surface area contributed by atoms with Crippen molar-refractivity contribution in [3.63, 3.8) is 0 Å². The van der Waals surface area contributed by atoms with Gasteiger partial charge in [-0.1, -0.05) is 44.8 Å². The van der Waals surface area contributed by atoms with Gasteiger partial charge in [-0.15, -0.1) is 5.92 Å². The Bertz CT molecular complexity index is 2190. The summed E-state index contributed by atoms with van der Waals surface area (Å²) in [7, 11) is 0. The van der Waals surface area contributed by atoms with Gasteiger partial charge in [0.25, 0.3) is 0 Å². The summed E-state index contributed by atoms with van der Waals surface area (Å²) in [6.07, 6.45) is 12.2. The molecule has 11 nitrogen and oxygen atoms in total. The van der Waals surface area contributed by atoms with Crippen molar-refractivity contribution in [2.24, 2.45) is 81.8 Å². The quantitative estimate of drug-likeness (QED) is 0.103. The number of aliphatic hydroxyl groups is 5. The maximum Gasteiger partial charge on any atom is 0.313 e. The first-order valence-electron chi connectivity index (χ1n) is 25.4. The average molecular weight is 895 g/mol. The molecule has 11 heteroatoms. The molecule has 7 N–H and O–H groups in total. The van der Waals surface area contributed by atoms with Crippen LogP contribution in [0.3, 0.4) is 0 Å². The van der Waals surface area contributed by atoms with E-state index in [1.807, 2.05) is 18.5 Å². The van der Waals surface area contributed by atoms with Crippen LogP contribution < -0.4 is 5.32 Å². The molecule has 65 heavy (non-hydrogen) atoms. The molecule has 5 saturated carbocycles. The second-order valence-corrected chi connectivity index (χ2v) is 23.7. The molecule has 354 valence electrons. The lowest BCUT2D eigenvalue weighted by Crippen LogP contribution is -2.68. The molecule has 1 aromatic heterocycles. The van der Waals surface area contributed by atoms with Crippen LogP contribution in [-0.2, 0) is 19.1 Å². The van der Waals surface area contributed by atoms with Crippen molar-refractivity contribution in [3.05, 3.63) is 46.9 Å². The van der Waals surface area contributed by atoms with Crippen molar-refractivity contribution >= 4 is 17.5 Å². The molecule has 1 aliphatic heterocycles. The molecular weight excluding hydrogens is 821 g/mol. The van der Waals surface area contributed by atoms with Crippen LogP contribution in [0.15, 0.2) is 41.4 Å². The molecule has 0 amide bonds.